The summed E-state index contributed by atoms with van der Waals surface area (Å²) in [6.07, 6.45) is 0. The molecule has 0 N–H and O–H groups in total. The fourth-order valence-electron chi connectivity index (χ4n) is 1.21. The van der Waals surface area contributed by atoms with E-state index in [9.17, 15) is 0 Å². The van der Waals surface area contributed by atoms with Crippen LogP contribution < -0.4 is 0 Å². The first kappa shape index (κ1) is 8.08. The minimum absolute atomic E-state index is 0.533. The molecule has 0 bridgehead atoms. The highest BCUT2D eigenvalue weighted by Gasteiger charge is 2.06. The molecule has 2 heterocycles. The number of hydrogen-bond donors (Lipinski definition) is 0. The molecule has 0 atom stereocenters. The Morgan fingerprint density at radius 1 is 1.50 bits per heavy atom. The number of hydrogen-bond acceptors (Lipinski definition) is 1. The zero-order valence-electron chi connectivity index (χ0n) is 6.38. The van der Waals surface area contributed by atoms with Crippen LogP contribution in [0.1, 0.15) is 5.69 Å². The summed E-state index contributed by atoms with van der Waals surface area (Å²) in [6, 6.07) is 5.91. The molecule has 0 saturated heterocycles. The summed E-state index contributed by atoms with van der Waals surface area (Å²) in [7, 11) is 0. The topological polar surface area (TPSA) is 17.3 Å². The van der Waals surface area contributed by atoms with Crippen molar-refractivity contribution in [3.05, 3.63) is 33.8 Å². The van der Waals surface area contributed by atoms with Crippen molar-refractivity contribution in [3.63, 3.8) is 0 Å². The van der Waals surface area contributed by atoms with Crippen LogP contribution in [0, 0.1) is 6.92 Å². The molecule has 62 valence electrons. The van der Waals surface area contributed by atoms with E-state index < -0.39 is 0 Å². The van der Waals surface area contributed by atoms with Crippen LogP contribution in [0.5, 0.6) is 0 Å². The summed E-state index contributed by atoms with van der Waals surface area (Å²) in [5.74, 6) is 0. The normalized spacial score (nSPS) is 10.9. The van der Waals surface area contributed by atoms with Crippen molar-refractivity contribution in [2.24, 2.45) is 0 Å². The number of fused-ring (bicyclic) bond motifs is 1. The first-order valence-corrected chi connectivity index (χ1v) is 4.66. The van der Waals surface area contributed by atoms with Crippen LogP contribution in [0.3, 0.4) is 0 Å². The lowest BCUT2D eigenvalue weighted by Crippen LogP contribution is -1.89. The Kier molecular flexibility index (Phi) is 1.85. The Morgan fingerprint density at radius 3 is 2.92 bits per heavy atom. The van der Waals surface area contributed by atoms with Gasteiger partial charge in [0, 0.05) is 5.69 Å². The summed E-state index contributed by atoms with van der Waals surface area (Å²) in [5, 5.41) is 0.533. The number of pyridine rings is 1. The van der Waals surface area contributed by atoms with Crippen LogP contribution in [-0.2, 0) is 0 Å². The molecular weight excluding hydrogens is 239 g/mol. The standard InChI is InChI=1S/C8H6BrClN2/c1-5-3-2-4-6-7(10)11-8(9)12(5)6/h2-4H,1H3. The molecule has 0 radical (unpaired) electrons. The van der Waals surface area contributed by atoms with Crippen LogP contribution in [0.25, 0.3) is 5.52 Å². The number of nitrogens with zero attached hydrogens (tertiary/aromatic N) is 2. The molecule has 0 aliphatic heterocycles. The van der Waals surface area contributed by atoms with Gasteiger partial charge in [-0.1, -0.05) is 17.7 Å². The van der Waals surface area contributed by atoms with Crippen LogP contribution in [0.4, 0.5) is 0 Å². The van der Waals surface area contributed by atoms with Gasteiger partial charge < -0.3 is 0 Å². The second-order valence-electron chi connectivity index (χ2n) is 2.56. The van der Waals surface area contributed by atoms with E-state index in [1.807, 2.05) is 29.5 Å². The zero-order chi connectivity index (χ0) is 8.72. The number of rotatable bonds is 0. The minimum Gasteiger partial charge on any atom is -0.290 e. The van der Waals surface area contributed by atoms with Crippen molar-refractivity contribution in [1.82, 2.24) is 9.38 Å². The van der Waals surface area contributed by atoms with Crippen molar-refractivity contribution in [3.8, 4) is 0 Å². The SMILES string of the molecule is Cc1cccc2c(Cl)nc(Br)n12. The van der Waals surface area contributed by atoms with Gasteiger partial charge in [-0.05, 0) is 35.0 Å². The first-order chi connectivity index (χ1) is 5.70. The lowest BCUT2D eigenvalue weighted by molar-refractivity contribution is 1.03. The van der Waals surface area contributed by atoms with Crippen LogP contribution >= 0.6 is 27.5 Å². The van der Waals surface area contributed by atoms with E-state index in [0.717, 1.165) is 15.9 Å². The minimum atomic E-state index is 0.533. The van der Waals surface area contributed by atoms with E-state index in [2.05, 4.69) is 20.9 Å². The fourth-order valence-corrected chi connectivity index (χ4v) is 2.19. The van der Waals surface area contributed by atoms with Gasteiger partial charge in [0.05, 0.1) is 5.52 Å². The molecule has 4 heteroatoms. The van der Waals surface area contributed by atoms with Gasteiger partial charge in [0.2, 0.25) is 0 Å². The zero-order valence-corrected chi connectivity index (χ0v) is 8.72. The lowest BCUT2D eigenvalue weighted by Gasteiger charge is -1.98. The Bertz CT molecular complexity index is 436. The number of halogens is 2. The molecule has 2 rings (SSSR count). The molecular formula is C8H6BrClN2. The molecule has 0 spiro atoms. The van der Waals surface area contributed by atoms with Crippen molar-refractivity contribution >= 4 is 33.0 Å². The van der Waals surface area contributed by atoms with Gasteiger partial charge >= 0.3 is 0 Å². The molecule has 0 fully saturated rings. The molecule has 0 aliphatic rings. The quantitative estimate of drug-likeness (QED) is 0.697. The summed E-state index contributed by atoms with van der Waals surface area (Å²) in [4.78, 5) is 4.10. The molecule has 12 heavy (non-hydrogen) atoms. The average Bonchev–Trinajstić information content (AvgIpc) is 2.29. The largest absolute Gasteiger partial charge is 0.290 e. The van der Waals surface area contributed by atoms with Gasteiger partial charge in [-0.3, -0.25) is 4.40 Å². The lowest BCUT2D eigenvalue weighted by atomic mass is 10.3. The van der Waals surface area contributed by atoms with E-state index >= 15 is 0 Å². The van der Waals surface area contributed by atoms with Crippen LogP contribution in [0.15, 0.2) is 22.9 Å². The Morgan fingerprint density at radius 2 is 2.25 bits per heavy atom. The molecule has 0 amide bonds. The summed E-state index contributed by atoms with van der Waals surface area (Å²) < 4.78 is 2.71. The summed E-state index contributed by atoms with van der Waals surface area (Å²) in [6.45, 7) is 2.01. The third-order valence-corrected chi connectivity index (χ3v) is 2.58. The summed E-state index contributed by atoms with van der Waals surface area (Å²) in [5.41, 5.74) is 2.04. The summed E-state index contributed by atoms with van der Waals surface area (Å²) >= 11 is 9.22. The smallest absolute Gasteiger partial charge is 0.183 e. The maximum absolute atomic E-state index is 5.89. The molecule has 0 unspecified atom stereocenters. The highest BCUT2D eigenvalue weighted by atomic mass is 79.9. The number of aromatic nitrogens is 2. The monoisotopic (exact) mass is 244 g/mol. The number of imidazole rings is 1. The second kappa shape index (κ2) is 2.75. The van der Waals surface area contributed by atoms with Crippen molar-refractivity contribution < 1.29 is 0 Å². The van der Waals surface area contributed by atoms with Gasteiger partial charge in [-0.2, -0.15) is 0 Å². The van der Waals surface area contributed by atoms with Gasteiger partial charge in [-0.15, -0.1) is 0 Å². The maximum atomic E-state index is 5.89. The Hall–Kier alpha value is -0.540. The van der Waals surface area contributed by atoms with E-state index in [1.165, 1.54) is 0 Å². The fraction of sp³-hybridized carbons (Fsp3) is 0.125. The predicted molar refractivity (Wildman–Crippen MR) is 52.6 cm³/mol. The number of aryl methyl sites for hydroxylation is 1. The van der Waals surface area contributed by atoms with Crippen molar-refractivity contribution in [2.75, 3.05) is 0 Å². The van der Waals surface area contributed by atoms with E-state index in [4.69, 9.17) is 11.6 Å². The molecule has 0 aromatic carbocycles. The van der Waals surface area contributed by atoms with Gasteiger partial charge in [0.1, 0.15) is 0 Å². The van der Waals surface area contributed by atoms with E-state index in [-0.39, 0.29) is 0 Å². The van der Waals surface area contributed by atoms with Gasteiger partial charge in [0.25, 0.3) is 0 Å². The highest BCUT2D eigenvalue weighted by molar-refractivity contribution is 9.10. The van der Waals surface area contributed by atoms with Crippen molar-refractivity contribution in [1.29, 1.82) is 0 Å². The van der Waals surface area contributed by atoms with Crippen molar-refractivity contribution in [2.45, 2.75) is 6.92 Å². The predicted octanol–water partition coefficient (Wildman–Crippen LogP) is 3.06. The third kappa shape index (κ3) is 1.04. The van der Waals surface area contributed by atoms with E-state index in [1.54, 1.807) is 0 Å². The molecule has 0 aliphatic carbocycles. The van der Waals surface area contributed by atoms with Crippen LogP contribution in [-0.4, -0.2) is 9.38 Å². The van der Waals surface area contributed by atoms with Crippen LogP contribution in [0.2, 0.25) is 5.15 Å². The molecule has 2 aromatic heterocycles. The van der Waals surface area contributed by atoms with E-state index in [0.29, 0.717) is 5.15 Å². The highest BCUT2D eigenvalue weighted by Crippen LogP contribution is 2.22. The maximum Gasteiger partial charge on any atom is 0.183 e. The second-order valence-corrected chi connectivity index (χ2v) is 3.63. The molecule has 2 aromatic rings. The van der Waals surface area contributed by atoms with Gasteiger partial charge in [-0.25, -0.2) is 4.98 Å². The molecule has 2 nitrogen and oxygen atoms in total. The third-order valence-electron chi connectivity index (χ3n) is 1.77. The Labute approximate surface area is 83.3 Å². The Balaban J connectivity index is 2.99. The first-order valence-electron chi connectivity index (χ1n) is 3.49. The average molecular weight is 246 g/mol. The van der Waals surface area contributed by atoms with Gasteiger partial charge in [0.15, 0.2) is 9.89 Å². The molecule has 0 saturated carbocycles.